The molecule has 0 aromatic carbocycles. The lowest BCUT2D eigenvalue weighted by Gasteiger charge is -1.96. The number of aromatic nitrogens is 4. The van der Waals surface area contributed by atoms with E-state index in [0.717, 1.165) is 5.01 Å². The largest absolute Gasteiger partial charge is 0.226 e. The lowest BCUT2D eigenvalue weighted by atomic mass is 10.4. The van der Waals surface area contributed by atoms with E-state index in [1.807, 2.05) is 6.92 Å². The van der Waals surface area contributed by atoms with Gasteiger partial charge in [-0.25, -0.2) is 9.97 Å². The SMILES string of the molecule is Cc1nnc(-c2cnc(Cl)nc2Cl)s1. The van der Waals surface area contributed by atoms with Crippen LogP contribution in [0.4, 0.5) is 0 Å². The summed E-state index contributed by atoms with van der Waals surface area (Å²) >= 11 is 12.9. The third-order valence-corrected chi connectivity index (χ3v) is 2.81. The van der Waals surface area contributed by atoms with E-state index in [1.165, 1.54) is 17.5 Å². The van der Waals surface area contributed by atoms with Crippen LogP contribution in [0.2, 0.25) is 10.4 Å². The highest BCUT2D eigenvalue weighted by Gasteiger charge is 2.10. The predicted octanol–water partition coefficient (Wildman–Crippen LogP) is 2.61. The number of halogens is 2. The average molecular weight is 247 g/mol. The molecular formula is C7H4Cl2N4S. The minimum Gasteiger partial charge on any atom is -0.226 e. The maximum absolute atomic E-state index is 5.88. The molecule has 72 valence electrons. The molecule has 0 radical (unpaired) electrons. The Morgan fingerprint density at radius 2 is 2.07 bits per heavy atom. The van der Waals surface area contributed by atoms with Gasteiger partial charge in [-0.1, -0.05) is 22.9 Å². The van der Waals surface area contributed by atoms with E-state index in [-0.39, 0.29) is 5.28 Å². The molecule has 7 heteroatoms. The molecule has 0 spiro atoms. The Labute approximate surface area is 93.9 Å². The Hall–Kier alpha value is -0.780. The number of rotatable bonds is 1. The third-order valence-electron chi connectivity index (χ3n) is 1.47. The topological polar surface area (TPSA) is 51.6 Å². The first-order valence-corrected chi connectivity index (χ1v) is 5.22. The van der Waals surface area contributed by atoms with Crippen molar-refractivity contribution >= 4 is 34.5 Å². The molecular weight excluding hydrogens is 243 g/mol. The van der Waals surface area contributed by atoms with Gasteiger partial charge >= 0.3 is 0 Å². The number of hydrogen-bond acceptors (Lipinski definition) is 5. The van der Waals surface area contributed by atoms with Crippen LogP contribution < -0.4 is 0 Å². The summed E-state index contributed by atoms with van der Waals surface area (Å²) in [4.78, 5) is 7.65. The summed E-state index contributed by atoms with van der Waals surface area (Å²) in [6, 6.07) is 0. The van der Waals surface area contributed by atoms with Gasteiger partial charge in [-0.3, -0.25) is 0 Å². The highest BCUT2D eigenvalue weighted by Crippen LogP contribution is 2.28. The second-order valence-electron chi connectivity index (χ2n) is 2.47. The Morgan fingerprint density at radius 1 is 1.29 bits per heavy atom. The molecule has 0 fully saturated rings. The first-order chi connectivity index (χ1) is 6.66. The van der Waals surface area contributed by atoms with Gasteiger partial charge in [0.2, 0.25) is 5.28 Å². The molecule has 2 aromatic heterocycles. The van der Waals surface area contributed by atoms with E-state index < -0.39 is 0 Å². The Morgan fingerprint density at radius 3 is 2.64 bits per heavy atom. The Kier molecular flexibility index (Phi) is 2.62. The Balaban J connectivity index is 2.52. The molecule has 0 N–H and O–H groups in total. The molecule has 0 amide bonds. The van der Waals surface area contributed by atoms with Gasteiger partial charge in [-0.2, -0.15) is 0 Å². The van der Waals surface area contributed by atoms with Gasteiger partial charge in [0.1, 0.15) is 10.2 Å². The lowest BCUT2D eigenvalue weighted by molar-refractivity contribution is 1.05. The highest BCUT2D eigenvalue weighted by molar-refractivity contribution is 7.14. The molecule has 2 heterocycles. The van der Waals surface area contributed by atoms with Crippen LogP contribution in [0, 0.1) is 6.92 Å². The summed E-state index contributed by atoms with van der Waals surface area (Å²) in [7, 11) is 0. The number of nitrogens with zero attached hydrogens (tertiary/aromatic N) is 4. The van der Waals surface area contributed by atoms with Crippen molar-refractivity contribution in [1.29, 1.82) is 0 Å². The fourth-order valence-corrected chi connectivity index (χ4v) is 2.04. The van der Waals surface area contributed by atoms with Crippen LogP contribution in [-0.4, -0.2) is 20.2 Å². The molecule has 0 aliphatic heterocycles. The van der Waals surface area contributed by atoms with E-state index >= 15 is 0 Å². The molecule has 2 aromatic rings. The second kappa shape index (κ2) is 3.76. The number of hydrogen-bond donors (Lipinski definition) is 0. The zero-order valence-electron chi connectivity index (χ0n) is 7.03. The zero-order chi connectivity index (χ0) is 10.1. The monoisotopic (exact) mass is 246 g/mol. The van der Waals surface area contributed by atoms with Gasteiger partial charge in [-0.15, -0.1) is 10.2 Å². The summed E-state index contributed by atoms with van der Waals surface area (Å²) in [5, 5.41) is 9.80. The zero-order valence-corrected chi connectivity index (χ0v) is 9.36. The summed E-state index contributed by atoms with van der Waals surface area (Å²) in [5.41, 5.74) is 0.654. The van der Waals surface area contributed by atoms with Crippen LogP contribution in [-0.2, 0) is 0 Å². The quantitative estimate of drug-likeness (QED) is 0.574. The van der Waals surface area contributed by atoms with Gasteiger partial charge < -0.3 is 0 Å². The van der Waals surface area contributed by atoms with Crippen LogP contribution in [0.3, 0.4) is 0 Å². The van der Waals surface area contributed by atoms with Crippen LogP contribution in [0.5, 0.6) is 0 Å². The van der Waals surface area contributed by atoms with Crippen molar-refractivity contribution < 1.29 is 0 Å². The first kappa shape index (κ1) is 9.76. The van der Waals surface area contributed by atoms with Crippen molar-refractivity contribution in [3.63, 3.8) is 0 Å². The standard InChI is InChI=1S/C7H4Cl2N4S/c1-3-12-13-6(14-3)4-2-10-7(9)11-5(4)8/h2H,1H3. The lowest BCUT2D eigenvalue weighted by Crippen LogP contribution is -1.87. The summed E-state index contributed by atoms with van der Waals surface area (Å²) in [5.74, 6) is 0. The predicted molar refractivity (Wildman–Crippen MR) is 55.7 cm³/mol. The molecule has 0 aliphatic rings. The minimum atomic E-state index is 0.125. The summed E-state index contributed by atoms with van der Waals surface area (Å²) in [6.45, 7) is 1.87. The van der Waals surface area contributed by atoms with E-state index in [9.17, 15) is 0 Å². The molecule has 0 aliphatic carbocycles. The molecule has 0 bridgehead atoms. The van der Waals surface area contributed by atoms with Crippen molar-refractivity contribution in [1.82, 2.24) is 20.2 Å². The normalized spacial score (nSPS) is 10.5. The maximum Gasteiger partial charge on any atom is 0.223 e. The fourth-order valence-electron chi connectivity index (χ4n) is 0.890. The van der Waals surface area contributed by atoms with Crippen LogP contribution in [0.15, 0.2) is 6.20 Å². The van der Waals surface area contributed by atoms with Crippen molar-refractivity contribution in [3.8, 4) is 10.6 Å². The van der Waals surface area contributed by atoms with Crippen molar-refractivity contribution in [2.75, 3.05) is 0 Å². The average Bonchev–Trinajstić information content (AvgIpc) is 2.51. The van der Waals surface area contributed by atoms with Crippen LogP contribution >= 0.6 is 34.5 Å². The summed E-state index contributed by atoms with van der Waals surface area (Å²) in [6.07, 6.45) is 1.54. The van der Waals surface area contributed by atoms with Crippen molar-refractivity contribution in [2.45, 2.75) is 6.92 Å². The molecule has 4 nitrogen and oxygen atoms in total. The van der Waals surface area contributed by atoms with Gasteiger partial charge in [0.05, 0.1) is 5.56 Å². The second-order valence-corrected chi connectivity index (χ2v) is 4.35. The third kappa shape index (κ3) is 1.84. The molecule has 14 heavy (non-hydrogen) atoms. The fraction of sp³-hybridized carbons (Fsp3) is 0.143. The smallest absolute Gasteiger partial charge is 0.223 e. The van der Waals surface area contributed by atoms with Gasteiger partial charge in [0, 0.05) is 6.20 Å². The van der Waals surface area contributed by atoms with Crippen LogP contribution in [0.1, 0.15) is 5.01 Å². The molecule has 0 saturated carbocycles. The van der Waals surface area contributed by atoms with Crippen LogP contribution in [0.25, 0.3) is 10.6 Å². The van der Waals surface area contributed by atoms with Gasteiger partial charge in [-0.05, 0) is 18.5 Å². The first-order valence-electron chi connectivity index (χ1n) is 3.65. The molecule has 0 atom stereocenters. The van der Waals surface area contributed by atoms with Gasteiger partial charge in [0.25, 0.3) is 0 Å². The highest BCUT2D eigenvalue weighted by atomic mass is 35.5. The molecule has 2 rings (SSSR count). The van der Waals surface area contributed by atoms with Gasteiger partial charge in [0.15, 0.2) is 5.01 Å². The van der Waals surface area contributed by atoms with Crippen molar-refractivity contribution in [3.05, 3.63) is 21.6 Å². The maximum atomic E-state index is 5.88. The van der Waals surface area contributed by atoms with E-state index in [1.54, 1.807) is 0 Å². The molecule has 0 unspecified atom stereocenters. The Bertz CT molecular complexity index is 470. The number of aryl methyl sites for hydroxylation is 1. The van der Waals surface area contributed by atoms with Crippen molar-refractivity contribution in [2.24, 2.45) is 0 Å². The van der Waals surface area contributed by atoms with E-state index in [2.05, 4.69) is 20.2 Å². The van der Waals surface area contributed by atoms with E-state index in [4.69, 9.17) is 23.2 Å². The molecule has 0 saturated heterocycles. The minimum absolute atomic E-state index is 0.125. The van der Waals surface area contributed by atoms with E-state index in [0.29, 0.717) is 15.7 Å². The summed E-state index contributed by atoms with van der Waals surface area (Å²) < 4.78 is 0.